The molecule has 1 atom stereocenters. The number of amides is 1. The topological polar surface area (TPSA) is 80.5 Å². The van der Waals surface area contributed by atoms with E-state index in [1.165, 1.54) is 30.2 Å². The van der Waals surface area contributed by atoms with Crippen LogP contribution in [0.15, 0.2) is 29.2 Å². The Morgan fingerprint density at radius 2 is 2.05 bits per heavy atom. The van der Waals surface area contributed by atoms with Gasteiger partial charge in [-0.05, 0) is 24.6 Å². The Morgan fingerprint density at radius 3 is 2.58 bits per heavy atom. The molecule has 0 fully saturated rings. The maximum absolute atomic E-state index is 12.0. The summed E-state index contributed by atoms with van der Waals surface area (Å²) >= 11 is 1.38. The van der Waals surface area contributed by atoms with Gasteiger partial charge in [0.25, 0.3) is 0 Å². The van der Waals surface area contributed by atoms with E-state index >= 15 is 0 Å². The Morgan fingerprint density at radius 1 is 1.42 bits per heavy atom. The Kier molecular flexibility index (Phi) is 5.39. The summed E-state index contributed by atoms with van der Waals surface area (Å²) in [7, 11) is -0.438. The highest BCUT2D eigenvalue weighted by atomic mass is 32.2. The second-order valence-electron chi connectivity index (χ2n) is 4.29. The lowest BCUT2D eigenvalue weighted by atomic mass is 10.2. The summed E-state index contributed by atoms with van der Waals surface area (Å²) in [5.74, 6) is 0.169. The van der Waals surface area contributed by atoms with Crippen molar-refractivity contribution < 1.29 is 13.2 Å². The van der Waals surface area contributed by atoms with Crippen molar-refractivity contribution in [1.82, 2.24) is 4.31 Å². The Bertz CT molecular complexity index is 556. The summed E-state index contributed by atoms with van der Waals surface area (Å²) < 4.78 is 25.1. The molecule has 19 heavy (non-hydrogen) atoms. The van der Waals surface area contributed by atoms with Gasteiger partial charge in [-0.15, -0.1) is 11.8 Å². The number of nitrogens with two attached hydrogens (primary N) is 1. The predicted molar refractivity (Wildman–Crippen MR) is 77.3 cm³/mol. The van der Waals surface area contributed by atoms with Crippen molar-refractivity contribution in [3.05, 3.63) is 29.8 Å². The molecular weight excluding hydrogens is 284 g/mol. The fourth-order valence-corrected chi connectivity index (χ4v) is 3.07. The van der Waals surface area contributed by atoms with Crippen molar-refractivity contribution in [2.75, 3.05) is 14.1 Å². The summed E-state index contributed by atoms with van der Waals surface area (Å²) in [6.45, 7) is 1.73. The number of hydrogen-bond donors (Lipinski definition) is 1. The molecule has 1 aromatic rings. The van der Waals surface area contributed by atoms with Crippen LogP contribution in [0.2, 0.25) is 0 Å². The molecule has 106 valence electrons. The van der Waals surface area contributed by atoms with Crippen LogP contribution in [-0.4, -0.2) is 38.0 Å². The molecular formula is C12H18N2O3S2. The SMILES string of the molecule is CC(SCc1cccc(S(=O)(=O)N(C)C)c1)C(N)=O. The third-order valence-electron chi connectivity index (χ3n) is 2.58. The molecule has 0 spiro atoms. The van der Waals surface area contributed by atoms with Crippen LogP contribution in [0.5, 0.6) is 0 Å². The first-order valence-electron chi connectivity index (χ1n) is 5.67. The second-order valence-corrected chi connectivity index (χ2v) is 7.77. The Hall–Kier alpha value is -1.05. The monoisotopic (exact) mass is 302 g/mol. The largest absolute Gasteiger partial charge is 0.369 e. The number of sulfonamides is 1. The van der Waals surface area contributed by atoms with E-state index in [1.54, 1.807) is 25.1 Å². The van der Waals surface area contributed by atoms with Crippen molar-refractivity contribution in [3.63, 3.8) is 0 Å². The number of carbonyl (C=O) groups excluding carboxylic acids is 1. The van der Waals surface area contributed by atoms with Gasteiger partial charge in [0.05, 0.1) is 10.1 Å². The van der Waals surface area contributed by atoms with E-state index in [1.807, 2.05) is 6.07 Å². The van der Waals surface area contributed by atoms with Gasteiger partial charge in [0.15, 0.2) is 0 Å². The molecule has 0 aliphatic rings. The van der Waals surface area contributed by atoms with E-state index in [0.29, 0.717) is 5.75 Å². The molecule has 0 heterocycles. The summed E-state index contributed by atoms with van der Waals surface area (Å²) in [4.78, 5) is 11.2. The van der Waals surface area contributed by atoms with Gasteiger partial charge in [0.2, 0.25) is 15.9 Å². The van der Waals surface area contributed by atoms with Crippen LogP contribution in [0.25, 0.3) is 0 Å². The van der Waals surface area contributed by atoms with Gasteiger partial charge >= 0.3 is 0 Å². The van der Waals surface area contributed by atoms with E-state index in [0.717, 1.165) is 5.56 Å². The first kappa shape index (κ1) is 16.0. The molecule has 0 bridgehead atoms. The lowest BCUT2D eigenvalue weighted by molar-refractivity contribution is -0.117. The number of hydrogen-bond acceptors (Lipinski definition) is 4. The highest BCUT2D eigenvalue weighted by Gasteiger charge is 2.17. The van der Waals surface area contributed by atoms with E-state index in [4.69, 9.17) is 5.73 Å². The maximum atomic E-state index is 12.0. The molecule has 1 unspecified atom stereocenters. The molecule has 1 aromatic carbocycles. The predicted octanol–water partition coefficient (Wildman–Crippen LogP) is 1.04. The highest BCUT2D eigenvalue weighted by molar-refractivity contribution is 7.99. The Labute approximate surface area is 118 Å². The number of nitrogens with zero attached hydrogens (tertiary/aromatic N) is 1. The number of primary amides is 1. The molecule has 1 rings (SSSR count). The molecule has 0 aliphatic carbocycles. The number of thioether (sulfide) groups is 1. The molecule has 1 amide bonds. The third kappa shape index (κ3) is 4.22. The fraction of sp³-hybridized carbons (Fsp3) is 0.417. The molecule has 0 aliphatic heterocycles. The van der Waals surface area contributed by atoms with Gasteiger partial charge in [-0.2, -0.15) is 0 Å². The molecule has 0 saturated carbocycles. The second kappa shape index (κ2) is 6.40. The van der Waals surface area contributed by atoms with E-state index in [2.05, 4.69) is 0 Å². The van der Waals surface area contributed by atoms with E-state index in [-0.39, 0.29) is 16.1 Å². The standard InChI is InChI=1S/C12H18N2O3S2/c1-9(12(13)15)18-8-10-5-4-6-11(7-10)19(16,17)14(2)3/h4-7,9H,8H2,1-3H3,(H2,13,15). The van der Waals surface area contributed by atoms with Gasteiger partial charge in [-0.25, -0.2) is 12.7 Å². The molecule has 0 radical (unpaired) electrons. The zero-order chi connectivity index (χ0) is 14.6. The van der Waals surface area contributed by atoms with Crippen molar-refractivity contribution in [2.45, 2.75) is 22.8 Å². The molecule has 0 saturated heterocycles. The van der Waals surface area contributed by atoms with Crippen LogP contribution < -0.4 is 5.73 Å². The first-order chi connectivity index (χ1) is 8.75. The fourth-order valence-electron chi connectivity index (χ4n) is 1.31. The minimum absolute atomic E-state index is 0.252. The maximum Gasteiger partial charge on any atom is 0.242 e. The molecule has 7 heteroatoms. The zero-order valence-electron chi connectivity index (χ0n) is 11.2. The highest BCUT2D eigenvalue weighted by Crippen LogP contribution is 2.21. The third-order valence-corrected chi connectivity index (χ3v) is 5.62. The summed E-state index contributed by atoms with van der Waals surface area (Å²) in [5.41, 5.74) is 6.02. The van der Waals surface area contributed by atoms with Gasteiger partial charge in [-0.3, -0.25) is 4.79 Å². The van der Waals surface area contributed by atoms with Crippen LogP contribution in [0.4, 0.5) is 0 Å². The molecule has 0 aromatic heterocycles. The van der Waals surface area contributed by atoms with Crippen LogP contribution in [0, 0.1) is 0 Å². The number of benzene rings is 1. The zero-order valence-corrected chi connectivity index (χ0v) is 12.8. The average molecular weight is 302 g/mol. The van der Waals surface area contributed by atoms with E-state index < -0.39 is 10.0 Å². The van der Waals surface area contributed by atoms with Crippen molar-refractivity contribution in [3.8, 4) is 0 Å². The van der Waals surface area contributed by atoms with E-state index in [9.17, 15) is 13.2 Å². The lowest BCUT2D eigenvalue weighted by Crippen LogP contribution is -2.23. The molecule has 5 nitrogen and oxygen atoms in total. The quantitative estimate of drug-likeness (QED) is 0.851. The lowest BCUT2D eigenvalue weighted by Gasteiger charge is -2.12. The van der Waals surface area contributed by atoms with Crippen LogP contribution in [-0.2, 0) is 20.6 Å². The normalized spacial score (nSPS) is 13.5. The molecule has 2 N–H and O–H groups in total. The van der Waals surface area contributed by atoms with Gasteiger partial charge in [0, 0.05) is 19.8 Å². The van der Waals surface area contributed by atoms with Crippen LogP contribution in [0.1, 0.15) is 12.5 Å². The van der Waals surface area contributed by atoms with Gasteiger partial charge < -0.3 is 5.73 Å². The van der Waals surface area contributed by atoms with Gasteiger partial charge in [-0.1, -0.05) is 12.1 Å². The number of carbonyl (C=O) groups is 1. The smallest absolute Gasteiger partial charge is 0.242 e. The van der Waals surface area contributed by atoms with Gasteiger partial charge in [0.1, 0.15) is 0 Å². The van der Waals surface area contributed by atoms with Crippen molar-refractivity contribution in [1.29, 1.82) is 0 Å². The number of rotatable bonds is 6. The minimum Gasteiger partial charge on any atom is -0.369 e. The van der Waals surface area contributed by atoms with Crippen molar-refractivity contribution in [2.24, 2.45) is 5.73 Å². The summed E-state index contributed by atoms with van der Waals surface area (Å²) in [6.07, 6.45) is 0. The van der Waals surface area contributed by atoms with Crippen LogP contribution in [0.3, 0.4) is 0 Å². The summed E-state index contributed by atoms with van der Waals surface area (Å²) in [6, 6.07) is 6.70. The summed E-state index contributed by atoms with van der Waals surface area (Å²) in [5, 5.41) is -0.297. The van der Waals surface area contributed by atoms with Crippen LogP contribution >= 0.6 is 11.8 Å². The van der Waals surface area contributed by atoms with Crippen molar-refractivity contribution >= 4 is 27.7 Å². The Balaban J connectivity index is 2.87. The minimum atomic E-state index is -3.42. The average Bonchev–Trinajstić information content (AvgIpc) is 2.35. The first-order valence-corrected chi connectivity index (χ1v) is 8.16.